The largest absolute Gasteiger partial charge is 0.368 e. The minimum atomic E-state index is -0.572. The molecular weight excluding hydrogens is 408 g/mol. The van der Waals surface area contributed by atoms with Gasteiger partial charge < -0.3 is 15.1 Å². The van der Waals surface area contributed by atoms with Crippen LogP contribution in [0.15, 0.2) is 42.5 Å². The van der Waals surface area contributed by atoms with Crippen molar-refractivity contribution in [3.63, 3.8) is 0 Å². The van der Waals surface area contributed by atoms with Crippen LogP contribution in [0.5, 0.6) is 0 Å². The van der Waals surface area contributed by atoms with Crippen LogP contribution in [-0.2, 0) is 4.79 Å². The van der Waals surface area contributed by atoms with E-state index in [1.165, 1.54) is 12.1 Å². The van der Waals surface area contributed by atoms with E-state index in [2.05, 4.69) is 10.2 Å². The molecule has 9 heteroatoms. The molecule has 1 aliphatic rings. The highest BCUT2D eigenvalue weighted by atomic mass is 35.5. The Bertz CT molecular complexity index is 941. The molecule has 2 amide bonds. The lowest BCUT2D eigenvalue weighted by atomic mass is 10.1. The molecule has 0 radical (unpaired) electrons. The molecule has 30 heavy (non-hydrogen) atoms. The number of nitro groups is 1. The lowest BCUT2D eigenvalue weighted by molar-refractivity contribution is -0.384. The van der Waals surface area contributed by atoms with Crippen LogP contribution >= 0.6 is 11.6 Å². The van der Waals surface area contributed by atoms with Gasteiger partial charge in [0.2, 0.25) is 5.91 Å². The minimum Gasteiger partial charge on any atom is -0.368 e. The molecule has 1 heterocycles. The van der Waals surface area contributed by atoms with Gasteiger partial charge in [-0.15, -0.1) is 0 Å². The number of anilines is 2. The molecule has 0 atom stereocenters. The van der Waals surface area contributed by atoms with Crippen molar-refractivity contribution in [2.24, 2.45) is 0 Å². The second-order valence-electron chi connectivity index (χ2n) is 7.04. The van der Waals surface area contributed by atoms with Gasteiger partial charge in [0.05, 0.1) is 15.5 Å². The molecule has 0 aromatic heterocycles. The first-order chi connectivity index (χ1) is 14.4. The summed E-state index contributed by atoms with van der Waals surface area (Å²) in [5.41, 5.74) is 1.41. The molecule has 2 aromatic carbocycles. The number of hydrogen-bond donors (Lipinski definition) is 1. The molecule has 158 valence electrons. The molecule has 0 saturated carbocycles. The number of nitro benzene ring substituents is 1. The zero-order valence-corrected chi connectivity index (χ0v) is 17.4. The highest BCUT2D eigenvalue weighted by Gasteiger charge is 2.21. The number of piperazine rings is 1. The fourth-order valence-corrected chi connectivity index (χ4v) is 3.54. The van der Waals surface area contributed by atoms with E-state index in [1.54, 1.807) is 12.1 Å². The molecule has 0 unspecified atom stereocenters. The van der Waals surface area contributed by atoms with Gasteiger partial charge in [-0.3, -0.25) is 19.7 Å². The third-order valence-corrected chi connectivity index (χ3v) is 5.32. The van der Waals surface area contributed by atoms with E-state index in [-0.39, 0.29) is 22.2 Å². The Balaban J connectivity index is 1.62. The lowest BCUT2D eigenvalue weighted by Crippen LogP contribution is -2.48. The van der Waals surface area contributed by atoms with Gasteiger partial charge in [0, 0.05) is 56.1 Å². The zero-order valence-electron chi connectivity index (χ0n) is 16.6. The standard InChI is InChI=1S/C21H23ClN4O4/c1-2-3-20(27)25-12-10-24(11-13-25)16-6-4-15(5-7-16)23-21(28)18-14-17(26(29)30)8-9-19(18)22/h4-9,14H,2-3,10-13H2,1H3,(H,23,28). The van der Waals surface area contributed by atoms with E-state index in [9.17, 15) is 19.7 Å². The lowest BCUT2D eigenvalue weighted by Gasteiger charge is -2.36. The molecule has 0 aliphatic carbocycles. The number of carbonyl (C=O) groups excluding carboxylic acids is 2. The highest BCUT2D eigenvalue weighted by Crippen LogP contribution is 2.24. The Morgan fingerprint density at radius 1 is 1.10 bits per heavy atom. The normalized spacial score (nSPS) is 13.8. The summed E-state index contributed by atoms with van der Waals surface area (Å²) in [6.45, 7) is 4.90. The van der Waals surface area contributed by atoms with Gasteiger partial charge in [-0.25, -0.2) is 0 Å². The molecule has 1 fully saturated rings. The average molecular weight is 431 g/mol. The smallest absolute Gasteiger partial charge is 0.270 e. The number of non-ortho nitro benzene ring substituents is 1. The van der Waals surface area contributed by atoms with Crippen LogP contribution in [0.1, 0.15) is 30.1 Å². The summed E-state index contributed by atoms with van der Waals surface area (Å²) < 4.78 is 0. The maximum atomic E-state index is 12.5. The Hall–Kier alpha value is -3.13. The van der Waals surface area contributed by atoms with E-state index in [1.807, 2.05) is 24.0 Å². The Morgan fingerprint density at radius 2 is 1.77 bits per heavy atom. The number of halogens is 1. The Labute approximate surface area is 179 Å². The Kier molecular flexibility index (Phi) is 6.89. The maximum Gasteiger partial charge on any atom is 0.270 e. The van der Waals surface area contributed by atoms with Crippen LogP contribution in [0.3, 0.4) is 0 Å². The second-order valence-corrected chi connectivity index (χ2v) is 7.45. The summed E-state index contributed by atoms with van der Waals surface area (Å²) >= 11 is 6.02. The molecule has 1 aliphatic heterocycles. The molecule has 3 rings (SSSR count). The number of benzene rings is 2. The van der Waals surface area contributed by atoms with E-state index in [0.29, 0.717) is 25.2 Å². The summed E-state index contributed by atoms with van der Waals surface area (Å²) in [6.07, 6.45) is 1.44. The quantitative estimate of drug-likeness (QED) is 0.553. The number of carbonyl (C=O) groups is 2. The molecule has 0 spiro atoms. The van der Waals surface area contributed by atoms with Gasteiger partial charge in [-0.1, -0.05) is 18.5 Å². The summed E-state index contributed by atoms with van der Waals surface area (Å²) in [7, 11) is 0. The van der Waals surface area contributed by atoms with Crippen molar-refractivity contribution < 1.29 is 14.5 Å². The van der Waals surface area contributed by atoms with Gasteiger partial charge >= 0.3 is 0 Å². The molecule has 2 aromatic rings. The van der Waals surface area contributed by atoms with E-state index in [0.717, 1.165) is 31.3 Å². The van der Waals surface area contributed by atoms with E-state index < -0.39 is 10.8 Å². The van der Waals surface area contributed by atoms with Gasteiger partial charge in [0.15, 0.2) is 0 Å². The predicted molar refractivity (Wildman–Crippen MR) is 116 cm³/mol. The van der Waals surface area contributed by atoms with Crippen LogP contribution < -0.4 is 10.2 Å². The number of hydrogen-bond acceptors (Lipinski definition) is 5. The average Bonchev–Trinajstić information content (AvgIpc) is 2.74. The van der Waals surface area contributed by atoms with Crippen molar-refractivity contribution in [2.45, 2.75) is 19.8 Å². The first kappa shape index (κ1) is 21.6. The second kappa shape index (κ2) is 9.58. The van der Waals surface area contributed by atoms with E-state index >= 15 is 0 Å². The summed E-state index contributed by atoms with van der Waals surface area (Å²) in [5.74, 6) is -0.311. The van der Waals surface area contributed by atoms with Crippen molar-refractivity contribution in [3.05, 3.63) is 63.2 Å². The number of rotatable bonds is 6. The van der Waals surface area contributed by atoms with Crippen LogP contribution in [0.25, 0.3) is 0 Å². The van der Waals surface area contributed by atoms with Crippen molar-refractivity contribution in [3.8, 4) is 0 Å². The Morgan fingerprint density at radius 3 is 2.37 bits per heavy atom. The summed E-state index contributed by atoms with van der Waals surface area (Å²) in [5, 5.41) is 13.8. The predicted octanol–water partition coefficient (Wildman–Crippen LogP) is 3.95. The van der Waals surface area contributed by atoms with Gasteiger partial charge in [0.1, 0.15) is 0 Å². The van der Waals surface area contributed by atoms with Crippen LogP contribution in [0.4, 0.5) is 17.1 Å². The molecule has 0 bridgehead atoms. The molecular formula is C21H23ClN4O4. The van der Waals surface area contributed by atoms with Crippen molar-refractivity contribution in [1.82, 2.24) is 4.90 Å². The maximum absolute atomic E-state index is 12.5. The van der Waals surface area contributed by atoms with Gasteiger partial charge in [-0.2, -0.15) is 0 Å². The SMILES string of the molecule is CCCC(=O)N1CCN(c2ccc(NC(=O)c3cc([N+](=O)[O-])ccc3Cl)cc2)CC1. The fourth-order valence-electron chi connectivity index (χ4n) is 3.34. The first-order valence-electron chi connectivity index (χ1n) is 9.77. The van der Waals surface area contributed by atoms with Gasteiger partial charge in [0.25, 0.3) is 11.6 Å². The minimum absolute atomic E-state index is 0.0443. The topological polar surface area (TPSA) is 95.8 Å². The van der Waals surface area contributed by atoms with Crippen molar-refractivity contribution in [1.29, 1.82) is 0 Å². The third kappa shape index (κ3) is 5.07. The number of nitrogens with zero attached hydrogens (tertiary/aromatic N) is 3. The third-order valence-electron chi connectivity index (χ3n) is 4.99. The summed E-state index contributed by atoms with van der Waals surface area (Å²) in [6, 6.07) is 11.1. The van der Waals surface area contributed by atoms with Crippen LogP contribution in [-0.4, -0.2) is 47.8 Å². The van der Waals surface area contributed by atoms with Crippen molar-refractivity contribution in [2.75, 3.05) is 36.4 Å². The number of nitrogens with one attached hydrogen (secondary N) is 1. The summed E-state index contributed by atoms with van der Waals surface area (Å²) in [4.78, 5) is 38.9. The van der Waals surface area contributed by atoms with Crippen molar-refractivity contribution >= 4 is 40.5 Å². The molecule has 8 nitrogen and oxygen atoms in total. The highest BCUT2D eigenvalue weighted by molar-refractivity contribution is 6.34. The van der Waals surface area contributed by atoms with Crippen LogP contribution in [0.2, 0.25) is 5.02 Å². The molecule has 1 N–H and O–H groups in total. The molecule has 1 saturated heterocycles. The monoisotopic (exact) mass is 430 g/mol. The fraction of sp³-hybridized carbons (Fsp3) is 0.333. The number of amides is 2. The van der Waals surface area contributed by atoms with Crippen LogP contribution in [0, 0.1) is 10.1 Å². The zero-order chi connectivity index (χ0) is 21.7. The van der Waals surface area contributed by atoms with Gasteiger partial charge in [-0.05, 0) is 36.8 Å². The first-order valence-corrected chi connectivity index (χ1v) is 10.1. The van der Waals surface area contributed by atoms with E-state index in [4.69, 9.17) is 11.6 Å².